The van der Waals surface area contributed by atoms with E-state index in [2.05, 4.69) is 20.7 Å². The fraction of sp³-hybridized carbons (Fsp3) is 0.404. The lowest BCUT2D eigenvalue weighted by atomic mass is 9.98. The number of aliphatic hydroxyl groups excluding tert-OH is 2. The monoisotopic (exact) mass is 1040 g/mol. The number of nitrogens with zero attached hydrogens (tertiary/aromatic N) is 8. The van der Waals surface area contributed by atoms with Crippen molar-refractivity contribution in [1.82, 2.24) is 45.0 Å². The van der Waals surface area contributed by atoms with Crippen LogP contribution in [-0.2, 0) is 61.5 Å². The Morgan fingerprint density at radius 1 is 0.686 bits per heavy atom. The number of aromatic nitrogens is 6. The van der Waals surface area contributed by atoms with Crippen LogP contribution < -0.4 is 11.1 Å². The highest BCUT2D eigenvalue weighted by molar-refractivity contribution is 6.42. The van der Waals surface area contributed by atoms with Gasteiger partial charge in [-0.15, -0.1) is 0 Å². The van der Waals surface area contributed by atoms with Gasteiger partial charge in [0.1, 0.15) is 23.9 Å². The summed E-state index contributed by atoms with van der Waals surface area (Å²) in [6.07, 6.45) is 4.95. The van der Waals surface area contributed by atoms with Gasteiger partial charge in [0.15, 0.2) is 0 Å². The Labute approximate surface area is 424 Å². The van der Waals surface area contributed by atoms with E-state index >= 15 is 0 Å². The Kier molecular flexibility index (Phi) is 18.8. The third-order valence-corrected chi connectivity index (χ3v) is 13.3. The summed E-state index contributed by atoms with van der Waals surface area (Å²) >= 11 is 24.1. The van der Waals surface area contributed by atoms with Crippen LogP contribution in [0.25, 0.3) is 22.8 Å². The number of aliphatic carboxylic acids is 1. The SMILES string of the molecule is C.C.C.NCCO.O=C(NCCO)C1Cc2conc2-c2c3c(nn2C1)CCN(C(=O)c1ccc(Cl)c(Cl)c1)C3.O=C(O)C1Cc2conc2-c2c3c(nn2C1)CCN(C(=O)c1ccc(Cl)c(Cl)c1)C3. The van der Waals surface area contributed by atoms with Gasteiger partial charge in [0.2, 0.25) is 5.91 Å². The van der Waals surface area contributed by atoms with Crippen LogP contribution in [0.15, 0.2) is 58.0 Å². The molecule has 0 spiro atoms. The van der Waals surface area contributed by atoms with E-state index in [0.717, 1.165) is 45.0 Å². The van der Waals surface area contributed by atoms with Crippen LogP contribution in [-0.4, -0.2) is 118 Å². The highest BCUT2D eigenvalue weighted by atomic mass is 35.5. The molecular weight excluding hydrogens is 990 g/mol. The van der Waals surface area contributed by atoms with Crippen molar-refractivity contribution in [2.75, 3.05) is 39.4 Å². The molecule has 0 saturated heterocycles. The molecule has 376 valence electrons. The first-order valence-corrected chi connectivity index (χ1v) is 22.8. The maximum atomic E-state index is 13.2. The standard InChI is InChI=1S/C22H21Cl2N5O4.C20H16Cl2N4O4.C2H7NO.3CH4/c23-16-2-1-12(8-17(16)24)22(32)28-5-3-18-15(10-28)20-19-14(11-33-27-19)7-13(9-29(20)26-18)21(31)25-4-6-30;21-14-2-1-10(6-15(14)22)19(27)25-4-3-16-13(8-25)18-17-12(9-30-24-17)5-11(20(28)29)7-26(18)23-16;3-1-2-4;;;/h1-2,8,11,13,30H,3-7,9-10H2,(H,25,31);1-2,6,9,11H,3-5,7-8H2,(H,28,29);4H,1-3H2;3*1H4. The molecule has 0 radical (unpaired) electrons. The average Bonchev–Trinajstić information content (AvgIpc) is 4.10. The van der Waals surface area contributed by atoms with Crippen molar-refractivity contribution >= 4 is 70.1 Å². The van der Waals surface area contributed by atoms with Gasteiger partial charge in [0.05, 0.1) is 94.1 Å². The lowest BCUT2D eigenvalue weighted by Crippen LogP contribution is -2.36. The van der Waals surface area contributed by atoms with Gasteiger partial charge in [0.25, 0.3) is 11.8 Å². The average molecular weight is 1050 g/mol. The summed E-state index contributed by atoms with van der Waals surface area (Å²) in [5, 5.41) is 48.3. The molecule has 8 heterocycles. The van der Waals surface area contributed by atoms with Gasteiger partial charge < -0.3 is 45.2 Å². The third kappa shape index (κ3) is 11.4. The number of fused-ring (bicyclic) bond motifs is 10. The molecule has 70 heavy (non-hydrogen) atoms. The van der Waals surface area contributed by atoms with E-state index in [1.807, 2.05) is 0 Å². The van der Waals surface area contributed by atoms with E-state index in [1.165, 1.54) is 6.26 Å². The van der Waals surface area contributed by atoms with E-state index in [9.17, 15) is 24.3 Å². The number of hydrogen-bond donors (Lipinski definition) is 5. The smallest absolute Gasteiger partial charge is 0.308 e. The molecule has 23 heteroatoms. The first-order valence-electron chi connectivity index (χ1n) is 21.2. The molecule has 2 atom stereocenters. The van der Waals surface area contributed by atoms with Crippen molar-refractivity contribution in [3.8, 4) is 22.8 Å². The van der Waals surface area contributed by atoms with Gasteiger partial charge in [-0.2, -0.15) is 10.2 Å². The molecule has 0 fully saturated rings. The minimum absolute atomic E-state index is 0. The van der Waals surface area contributed by atoms with Crippen LogP contribution in [0, 0.1) is 11.8 Å². The first-order chi connectivity index (χ1) is 32.3. The van der Waals surface area contributed by atoms with Crippen LogP contribution in [0.3, 0.4) is 0 Å². The fourth-order valence-corrected chi connectivity index (χ4v) is 9.15. The second kappa shape index (κ2) is 23.9. The van der Waals surface area contributed by atoms with Gasteiger partial charge >= 0.3 is 5.97 Å². The van der Waals surface area contributed by atoms with Crippen LogP contribution in [0.4, 0.5) is 0 Å². The van der Waals surface area contributed by atoms with Crippen LogP contribution in [0.1, 0.15) is 76.6 Å². The molecule has 0 aliphatic carbocycles. The van der Waals surface area contributed by atoms with Crippen LogP contribution in [0.5, 0.6) is 0 Å². The van der Waals surface area contributed by atoms with E-state index in [4.69, 9.17) is 76.5 Å². The normalized spacial score (nSPS) is 16.0. The van der Waals surface area contributed by atoms with Crippen molar-refractivity contribution in [2.45, 2.75) is 74.1 Å². The predicted octanol–water partition coefficient (Wildman–Crippen LogP) is 6.47. The topological polar surface area (TPSA) is 261 Å². The van der Waals surface area contributed by atoms with E-state index in [0.29, 0.717) is 108 Å². The maximum absolute atomic E-state index is 13.2. The van der Waals surface area contributed by atoms with Crippen LogP contribution in [0.2, 0.25) is 20.1 Å². The number of halogens is 4. The van der Waals surface area contributed by atoms with Gasteiger partial charge in [0, 0.05) is 72.4 Å². The fourth-order valence-electron chi connectivity index (χ4n) is 8.55. The molecule has 2 unspecified atom stereocenters. The predicted molar refractivity (Wildman–Crippen MR) is 264 cm³/mol. The van der Waals surface area contributed by atoms with Crippen molar-refractivity contribution < 1.29 is 43.5 Å². The minimum atomic E-state index is -0.889. The minimum Gasteiger partial charge on any atom is -0.481 e. The molecule has 0 saturated carbocycles. The molecule has 4 aromatic heterocycles. The van der Waals surface area contributed by atoms with E-state index in [1.54, 1.807) is 61.8 Å². The Morgan fingerprint density at radius 3 is 1.54 bits per heavy atom. The highest BCUT2D eigenvalue weighted by Gasteiger charge is 2.37. The molecule has 19 nitrogen and oxygen atoms in total. The molecule has 2 aromatic carbocycles. The molecule has 4 aliphatic rings. The number of carbonyl (C=O) groups is 4. The summed E-state index contributed by atoms with van der Waals surface area (Å²) < 4.78 is 13.9. The number of rotatable bonds is 7. The van der Waals surface area contributed by atoms with Gasteiger partial charge in [-0.25, -0.2) is 0 Å². The van der Waals surface area contributed by atoms with E-state index in [-0.39, 0.29) is 72.2 Å². The molecule has 6 aromatic rings. The van der Waals surface area contributed by atoms with Gasteiger partial charge in [-0.1, -0.05) is 79.0 Å². The van der Waals surface area contributed by atoms with Crippen molar-refractivity contribution in [2.24, 2.45) is 17.6 Å². The maximum Gasteiger partial charge on any atom is 0.308 e. The zero-order valence-corrected chi connectivity index (χ0v) is 38.7. The van der Waals surface area contributed by atoms with Crippen LogP contribution >= 0.6 is 46.4 Å². The number of nitrogens with two attached hydrogens (primary N) is 1. The number of benzene rings is 2. The van der Waals surface area contributed by atoms with Gasteiger partial charge in [-0.3, -0.25) is 28.5 Å². The number of carbonyl (C=O) groups excluding carboxylic acids is 3. The molecule has 10 rings (SSSR count). The number of aliphatic hydroxyl groups is 2. The number of carboxylic acids is 1. The lowest BCUT2D eigenvalue weighted by Gasteiger charge is -2.27. The molecular formula is C47H56Cl4N10O9. The summed E-state index contributed by atoms with van der Waals surface area (Å²) in [6, 6.07) is 9.67. The number of hydrogen-bond acceptors (Lipinski definition) is 13. The van der Waals surface area contributed by atoms with Crippen molar-refractivity contribution in [3.63, 3.8) is 0 Å². The second-order valence-electron chi connectivity index (χ2n) is 16.2. The van der Waals surface area contributed by atoms with Gasteiger partial charge in [-0.05, 0) is 49.2 Å². The number of amides is 3. The zero-order valence-electron chi connectivity index (χ0n) is 35.6. The van der Waals surface area contributed by atoms with Crippen molar-refractivity contribution in [3.05, 3.63) is 114 Å². The summed E-state index contributed by atoms with van der Waals surface area (Å²) in [5.74, 6) is -2.36. The lowest BCUT2D eigenvalue weighted by molar-refractivity contribution is -0.142. The van der Waals surface area contributed by atoms with E-state index < -0.39 is 11.9 Å². The Hall–Kier alpha value is -5.80. The molecule has 0 bridgehead atoms. The van der Waals surface area contributed by atoms with Crippen molar-refractivity contribution in [1.29, 1.82) is 0 Å². The third-order valence-electron chi connectivity index (χ3n) is 11.8. The second-order valence-corrected chi connectivity index (χ2v) is 17.8. The summed E-state index contributed by atoms with van der Waals surface area (Å²) in [5.41, 5.74) is 13.5. The molecule has 3 amide bonds. The summed E-state index contributed by atoms with van der Waals surface area (Å²) in [7, 11) is 0. The Balaban J connectivity index is 0.000000234. The largest absolute Gasteiger partial charge is 0.481 e. The first kappa shape index (κ1) is 55.1. The summed E-state index contributed by atoms with van der Waals surface area (Å²) in [6.45, 7) is 2.86. The zero-order chi connectivity index (χ0) is 47.5. The quantitative estimate of drug-likeness (QED) is 0.115. The number of nitrogens with one attached hydrogen (secondary N) is 1. The highest BCUT2D eigenvalue weighted by Crippen LogP contribution is 2.38. The molecule has 4 aliphatic heterocycles. The Bertz CT molecular complexity index is 2840. The molecule has 6 N–H and O–H groups in total. The Morgan fingerprint density at radius 2 is 1.13 bits per heavy atom. The number of carboxylic acid groups (broad SMARTS) is 1. The summed E-state index contributed by atoms with van der Waals surface area (Å²) in [4.78, 5) is 54.0.